The molecule has 0 aliphatic rings. The maximum atomic E-state index is 10.8. The van der Waals surface area contributed by atoms with Crippen LogP contribution in [0.1, 0.15) is 0 Å². The first-order chi connectivity index (χ1) is 7.20. The Hall–Kier alpha value is -1.39. The molecule has 0 radical (unpaired) electrons. The molecule has 0 N–H and O–H groups in total. The molecular weight excluding hydrogens is 212 g/mol. The van der Waals surface area contributed by atoms with Gasteiger partial charge in [0.25, 0.3) is 0 Å². The van der Waals surface area contributed by atoms with Crippen molar-refractivity contribution in [2.24, 2.45) is 0 Å². The summed E-state index contributed by atoms with van der Waals surface area (Å²) in [5.41, 5.74) is 0. The average molecular weight is 221 g/mol. The van der Waals surface area contributed by atoms with Crippen molar-refractivity contribution in [3.05, 3.63) is 36.4 Å². The van der Waals surface area contributed by atoms with Crippen LogP contribution in [-0.4, -0.2) is 15.9 Å². The van der Waals surface area contributed by atoms with Crippen molar-refractivity contribution in [2.75, 3.05) is 7.11 Å². The average Bonchev–Trinajstić information content (AvgIpc) is 2.27. The molecule has 0 aliphatic heterocycles. The third-order valence-corrected chi connectivity index (χ3v) is 2.85. The predicted octanol–water partition coefficient (Wildman–Crippen LogP) is 2.09. The molecule has 1 unspecified atom stereocenters. The van der Waals surface area contributed by atoms with Gasteiger partial charge in [-0.3, -0.25) is 4.21 Å². The van der Waals surface area contributed by atoms with Gasteiger partial charge in [-0.15, -0.1) is 0 Å². The number of ether oxygens (including phenoxy) is 1. The van der Waals surface area contributed by atoms with Crippen LogP contribution in [0.15, 0.2) is 41.3 Å². The van der Waals surface area contributed by atoms with Crippen LogP contribution in [0.4, 0.5) is 0 Å². The van der Waals surface area contributed by atoms with Gasteiger partial charge in [0.05, 0.1) is 7.11 Å². The summed E-state index contributed by atoms with van der Waals surface area (Å²) in [6.07, 6.45) is 0. The molecule has 0 amide bonds. The van der Waals surface area contributed by atoms with E-state index in [0.29, 0.717) is 0 Å². The van der Waals surface area contributed by atoms with Crippen LogP contribution in [0.25, 0.3) is 10.8 Å². The Kier molecular flexibility index (Phi) is 2.70. The summed E-state index contributed by atoms with van der Waals surface area (Å²) in [6.45, 7) is 0. The van der Waals surface area contributed by atoms with Gasteiger partial charge in [0.2, 0.25) is 0 Å². The number of hydrogen-bond donors (Lipinski definition) is 0. The summed E-state index contributed by atoms with van der Waals surface area (Å²) in [6, 6.07) is 10.5. The van der Waals surface area contributed by atoms with Crippen molar-refractivity contribution < 1.29 is 13.5 Å². The summed E-state index contributed by atoms with van der Waals surface area (Å²) in [5.74, 6) is 0.719. The predicted molar refractivity (Wildman–Crippen MR) is 57.7 cm³/mol. The summed E-state index contributed by atoms with van der Waals surface area (Å²) in [4.78, 5) is 0.288. The van der Waals surface area contributed by atoms with E-state index in [0.717, 1.165) is 16.5 Å². The van der Waals surface area contributed by atoms with E-state index in [4.69, 9.17) is 4.74 Å². The Balaban J connectivity index is 2.62. The minimum atomic E-state index is -2.18. The molecule has 0 saturated heterocycles. The van der Waals surface area contributed by atoms with Crippen molar-refractivity contribution >= 4 is 21.9 Å². The molecule has 0 bridgehead atoms. The smallest absolute Gasteiger partial charge is 0.119 e. The Morgan fingerprint density at radius 1 is 1.13 bits per heavy atom. The monoisotopic (exact) mass is 221 g/mol. The molecule has 2 aromatic rings. The molecule has 0 saturated carbocycles. The molecule has 0 aromatic heterocycles. The zero-order valence-electron chi connectivity index (χ0n) is 8.10. The maximum absolute atomic E-state index is 10.8. The maximum Gasteiger partial charge on any atom is 0.119 e. The van der Waals surface area contributed by atoms with E-state index >= 15 is 0 Å². The van der Waals surface area contributed by atoms with Gasteiger partial charge in [0.15, 0.2) is 0 Å². The number of rotatable bonds is 2. The molecule has 3 nitrogen and oxygen atoms in total. The molecule has 4 heteroatoms. The number of fused-ring (bicyclic) bond motifs is 1. The van der Waals surface area contributed by atoms with E-state index in [1.807, 2.05) is 18.2 Å². The third-order valence-electron chi connectivity index (χ3n) is 2.21. The van der Waals surface area contributed by atoms with E-state index in [9.17, 15) is 8.76 Å². The summed E-state index contributed by atoms with van der Waals surface area (Å²) in [5, 5.41) is 1.85. The lowest BCUT2D eigenvalue weighted by atomic mass is 10.1. The van der Waals surface area contributed by atoms with Gasteiger partial charge in [0.1, 0.15) is 5.75 Å². The second-order valence-electron chi connectivity index (χ2n) is 3.11. The first kappa shape index (κ1) is 10.1. The van der Waals surface area contributed by atoms with Crippen molar-refractivity contribution in [1.82, 2.24) is 0 Å². The molecule has 0 spiro atoms. The quantitative estimate of drug-likeness (QED) is 0.729. The summed E-state index contributed by atoms with van der Waals surface area (Å²) >= 11 is -2.18. The zero-order chi connectivity index (χ0) is 10.8. The molecule has 0 heterocycles. The number of benzene rings is 2. The second-order valence-corrected chi connectivity index (χ2v) is 4.05. The van der Waals surface area contributed by atoms with Crippen LogP contribution in [0, 0.1) is 0 Å². The SMILES string of the molecule is COc1ccc2ccc(S(=O)[O-])cc2c1. The Bertz CT molecular complexity index is 522. The molecule has 15 heavy (non-hydrogen) atoms. The van der Waals surface area contributed by atoms with Gasteiger partial charge in [-0.2, -0.15) is 0 Å². The Labute approximate surface area is 90.0 Å². The van der Waals surface area contributed by atoms with Gasteiger partial charge < -0.3 is 9.29 Å². The molecule has 2 rings (SSSR count). The van der Waals surface area contributed by atoms with Gasteiger partial charge in [-0.25, -0.2) is 0 Å². The minimum absolute atomic E-state index is 0.288. The van der Waals surface area contributed by atoms with E-state index in [-0.39, 0.29) is 4.90 Å². The molecule has 0 aliphatic carbocycles. The number of methoxy groups -OCH3 is 1. The van der Waals surface area contributed by atoms with Crippen LogP contribution in [0.5, 0.6) is 5.75 Å². The van der Waals surface area contributed by atoms with Crippen LogP contribution >= 0.6 is 0 Å². The van der Waals surface area contributed by atoms with Crippen LogP contribution in [-0.2, 0) is 11.1 Å². The summed E-state index contributed by atoms with van der Waals surface area (Å²) in [7, 11) is 1.58. The zero-order valence-corrected chi connectivity index (χ0v) is 8.91. The lowest BCUT2D eigenvalue weighted by molar-refractivity contribution is 0.415. The van der Waals surface area contributed by atoms with Crippen molar-refractivity contribution in [2.45, 2.75) is 4.90 Å². The normalized spacial score (nSPS) is 12.7. The fourth-order valence-corrected chi connectivity index (χ4v) is 1.84. The van der Waals surface area contributed by atoms with Crippen molar-refractivity contribution in [3.8, 4) is 5.75 Å². The second kappa shape index (κ2) is 4.00. The van der Waals surface area contributed by atoms with Gasteiger partial charge in [-0.05, 0) is 46.1 Å². The van der Waals surface area contributed by atoms with Crippen molar-refractivity contribution in [3.63, 3.8) is 0 Å². The molecule has 2 aromatic carbocycles. The van der Waals surface area contributed by atoms with Gasteiger partial charge in [-0.1, -0.05) is 12.1 Å². The Morgan fingerprint density at radius 2 is 1.87 bits per heavy atom. The topological polar surface area (TPSA) is 49.4 Å². The van der Waals surface area contributed by atoms with Crippen molar-refractivity contribution in [1.29, 1.82) is 0 Å². The highest BCUT2D eigenvalue weighted by molar-refractivity contribution is 7.79. The van der Waals surface area contributed by atoms with Crippen LogP contribution < -0.4 is 4.74 Å². The van der Waals surface area contributed by atoms with Crippen LogP contribution in [0.3, 0.4) is 0 Å². The van der Waals surface area contributed by atoms with Crippen LogP contribution in [0.2, 0.25) is 0 Å². The van der Waals surface area contributed by atoms with E-state index in [1.165, 1.54) is 0 Å². The highest BCUT2D eigenvalue weighted by Gasteiger charge is 1.98. The third kappa shape index (κ3) is 2.00. The first-order valence-corrected chi connectivity index (χ1v) is 5.45. The minimum Gasteiger partial charge on any atom is -0.768 e. The molecule has 78 valence electrons. The highest BCUT2D eigenvalue weighted by atomic mass is 32.2. The summed E-state index contributed by atoms with van der Waals surface area (Å²) < 4.78 is 26.6. The van der Waals surface area contributed by atoms with Gasteiger partial charge >= 0.3 is 0 Å². The molecule has 0 fully saturated rings. The lowest BCUT2D eigenvalue weighted by Gasteiger charge is -2.07. The fourth-order valence-electron chi connectivity index (χ4n) is 1.43. The van der Waals surface area contributed by atoms with E-state index < -0.39 is 11.1 Å². The first-order valence-electron chi connectivity index (χ1n) is 4.38. The number of hydrogen-bond acceptors (Lipinski definition) is 3. The highest BCUT2D eigenvalue weighted by Crippen LogP contribution is 2.22. The largest absolute Gasteiger partial charge is 0.768 e. The molecular formula is C11H9O3S-. The Morgan fingerprint density at radius 3 is 2.53 bits per heavy atom. The molecule has 1 atom stereocenters. The van der Waals surface area contributed by atoms with Gasteiger partial charge in [0, 0.05) is 4.90 Å². The standard InChI is InChI=1S/C11H10O3S/c1-14-10-4-2-8-3-5-11(15(12)13)7-9(8)6-10/h2-7H,1H3,(H,12,13)/p-1. The fraction of sp³-hybridized carbons (Fsp3) is 0.0909. The van der Waals surface area contributed by atoms with E-state index in [1.54, 1.807) is 25.3 Å². The lowest BCUT2D eigenvalue weighted by Crippen LogP contribution is -1.88. The van der Waals surface area contributed by atoms with E-state index in [2.05, 4.69) is 0 Å².